The Balaban J connectivity index is 0.000000237. The van der Waals surface area contributed by atoms with Gasteiger partial charge in [-0.3, -0.25) is 4.79 Å². The predicted molar refractivity (Wildman–Crippen MR) is 93.3 cm³/mol. The van der Waals surface area contributed by atoms with Gasteiger partial charge >= 0.3 is 24.3 Å². The molecule has 33 heavy (non-hydrogen) atoms. The lowest BCUT2D eigenvalue weighted by Gasteiger charge is -2.15. The van der Waals surface area contributed by atoms with Gasteiger partial charge in [0, 0.05) is 6.92 Å². The van der Waals surface area contributed by atoms with Crippen LogP contribution in [0.4, 0.5) is 26.3 Å². The Labute approximate surface area is 181 Å². The van der Waals surface area contributed by atoms with Gasteiger partial charge in [-0.15, -0.1) is 0 Å². The van der Waals surface area contributed by atoms with E-state index in [1.165, 1.54) is 13.8 Å². The molecule has 0 radical (unpaired) electrons. The van der Waals surface area contributed by atoms with Crippen LogP contribution in [-0.4, -0.2) is 52.7 Å². The van der Waals surface area contributed by atoms with Gasteiger partial charge in [0.05, 0.1) is 6.61 Å². The molecule has 3 rings (SSSR count). The zero-order valence-corrected chi connectivity index (χ0v) is 17.2. The Bertz CT molecular complexity index is 947. The molecule has 0 aliphatic heterocycles. The third-order valence-electron chi connectivity index (χ3n) is 4.84. The Morgan fingerprint density at radius 2 is 1.67 bits per heavy atom. The zero-order chi connectivity index (χ0) is 25.2. The van der Waals surface area contributed by atoms with Gasteiger partial charge in [0.25, 0.3) is 0 Å². The van der Waals surface area contributed by atoms with Gasteiger partial charge in [0.1, 0.15) is 5.41 Å². The number of hydrogen-bond acceptors (Lipinski definition) is 9. The van der Waals surface area contributed by atoms with Gasteiger partial charge < -0.3 is 19.8 Å². The molecule has 16 heteroatoms. The number of carbonyl (C=O) groups is 3. The van der Waals surface area contributed by atoms with Gasteiger partial charge in [-0.1, -0.05) is 10.3 Å². The molecule has 2 aliphatic rings. The summed E-state index contributed by atoms with van der Waals surface area (Å²) < 4.78 is 84.0. The highest BCUT2D eigenvalue weighted by Gasteiger charge is 2.70. The summed E-state index contributed by atoms with van der Waals surface area (Å²) in [4.78, 5) is 40.4. The average Bonchev–Trinajstić information content (AvgIpc) is 3.62. The molecule has 2 saturated carbocycles. The fourth-order valence-corrected chi connectivity index (χ4v) is 2.45. The molecule has 1 aromatic rings. The Morgan fingerprint density at radius 3 is 2.03 bits per heavy atom. The third-order valence-corrected chi connectivity index (χ3v) is 4.84. The second-order valence-corrected chi connectivity index (χ2v) is 7.21. The van der Waals surface area contributed by atoms with Gasteiger partial charge in [0.15, 0.2) is 5.41 Å². The SMILES string of the molecule is CC(=O)c1noc(C2(C(F)(F)F)CC2)n1.CCOC(=O)/C(N)=N\OC(=O)C1(C(F)(F)F)CC1. The molecular formula is C17H18F6N4O6. The normalized spacial score (nSPS) is 18.5. The van der Waals surface area contributed by atoms with Crippen LogP contribution < -0.4 is 5.73 Å². The summed E-state index contributed by atoms with van der Waals surface area (Å²) in [6, 6.07) is 0. The lowest BCUT2D eigenvalue weighted by Crippen LogP contribution is -2.34. The van der Waals surface area contributed by atoms with E-state index >= 15 is 0 Å². The number of alkyl halides is 6. The Morgan fingerprint density at radius 1 is 1.09 bits per heavy atom. The number of hydrogen-bond donors (Lipinski definition) is 1. The molecule has 0 unspecified atom stereocenters. The van der Waals surface area contributed by atoms with Gasteiger partial charge in [0.2, 0.25) is 23.3 Å². The number of esters is 1. The number of aromatic nitrogens is 2. The highest BCUT2D eigenvalue weighted by atomic mass is 19.4. The molecule has 184 valence electrons. The summed E-state index contributed by atoms with van der Waals surface area (Å²) in [5, 5.41) is 6.03. The maximum absolute atomic E-state index is 12.6. The third kappa shape index (κ3) is 5.42. The quantitative estimate of drug-likeness (QED) is 0.126. The number of amidine groups is 1. The first-order valence-corrected chi connectivity index (χ1v) is 9.32. The van der Waals surface area contributed by atoms with Crippen molar-refractivity contribution < 1.29 is 54.8 Å². The number of oxime groups is 1. The van der Waals surface area contributed by atoms with Crippen LogP contribution in [0.15, 0.2) is 9.68 Å². The fourth-order valence-electron chi connectivity index (χ4n) is 2.45. The van der Waals surface area contributed by atoms with Crippen molar-refractivity contribution in [2.45, 2.75) is 57.3 Å². The van der Waals surface area contributed by atoms with Crippen molar-refractivity contribution in [2.75, 3.05) is 6.61 Å². The molecule has 0 atom stereocenters. The summed E-state index contributed by atoms with van der Waals surface area (Å²) in [6.07, 6.45) is -9.92. The second kappa shape index (κ2) is 8.97. The zero-order valence-electron chi connectivity index (χ0n) is 17.2. The number of nitrogens with zero attached hydrogens (tertiary/aromatic N) is 3. The van der Waals surface area contributed by atoms with E-state index in [1.54, 1.807) is 0 Å². The maximum atomic E-state index is 12.6. The van der Waals surface area contributed by atoms with Gasteiger partial charge in [-0.2, -0.15) is 31.3 Å². The maximum Gasteiger partial charge on any atom is 0.405 e. The molecule has 0 amide bonds. The average molecular weight is 488 g/mol. The summed E-state index contributed by atoms with van der Waals surface area (Å²) in [6.45, 7) is 2.68. The molecule has 1 aromatic heterocycles. The van der Waals surface area contributed by atoms with E-state index in [4.69, 9.17) is 5.73 Å². The van der Waals surface area contributed by atoms with Crippen LogP contribution in [0.2, 0.25) is 0 Å². The van der Waals surface area contributed by atoms with E-state index in [0.717, 1.165) is 0 Å². The number of carbonyl (C=O) groups excluding carboxylic acids is 3. The lowest BCUT2D eigenvalue weighted by atomic mass is 10.1. The first-order valence-electron chi connectivity index (χ1n) is 9.32. The number of nitrogens with two attached hydrogens (primary N) is 1. The molecule has 2 N–H and O–H groups in total. The van der Waals surface area contributed by atoms with Crippen LogP contribution >= 0.6 is 0 Å². The number of Topliss-reactive ketones (excluding diaryl/α,β-unsaturated/α-hetero) is 1. The van der Waals surface area contributed by atoms with E-state index in [2.05, 4.69) is 29.4 Å². The number of ether oxygens (including phenoxy) is 1. The highest BCUT2D eigenvalue weighted by molar-refractivity contribution is 6.34. The van der Waals surface area contributed by atoms with Crippen LogP contribution in [0.25, 0.3) is 0 Å². The van der Waals surface area contributed by atoms with Crippen LogP contribution in [0.3, 0.4) is 0 Å². The largest absolute Gasteiger partial charge is 0.460 e. The molecule has 0 spiro atoms. The van der Waals surface area contributed by atoms with Gasteiger partial charge in [-0.05, 0) is 32.6 Å². The minimum atomic E-state index is -4.70. The standard InChI is InChI=1S/C9H11F3N2O4.C8H7F3N2O2/c1-2-17-6(15)5(13)14-18-7(16)8(3-4-8)9(10,11)12;1-4(14)5-12-6(15-13-5)7(2-3-7)8(9,10)11/h2-4H2,1H3,(H2,13,14);2-3H2,1H3. The summed E-state index contributed by atoms with van der Waals surface area (Å²) >= 11 is 0. The number of ketones is 1. The molecule has 10 nitrogen and oxygen atoms in total. The van der Waals surface area contributed by atoms with Crippen molar-refractivity contribution >= 4 is 23.6 Å². The molecule has 2 fully saturated rings. The van der Waals surface area contributed by atoms with Crippen molar-refractivity contribution in [3.8, 4) is 0 Å². The second-order valence-electron chi connectivity index (χ2n) is 7.21. The molecule has 1 heterocycles. The molecule has 0 aromatic carbocycles. The Kier molecular flexibility index (Phi) is 7.09. The van der Waals surface area contributed by atoms with Crippen molar-refractivity contribution in [1.82, 2.24) is 10.1 Å². The molecule has 2 aliphatic carbocycles. The minimum Gasteiger partial charge on any atom is -0.460 e. The van der Waals surface area contributed by atoms with Crippen LogP contribution in [0, 0.1) is 5.41 Å². The van der Waals surface area contributed by atoms with Crippen molar-refractivity contribution in [1.29, 1.82) is 0 Å². The lowest BCUT2D eigenvalue weighted by molar-refractivity contribution is -0.206. The fraction of sp³-hybridized carbons (Fsp3) is 0.647. The van der Waals surface area contributed by atoms with E-state index in [-0.39, 0.29) is 38.1 Å². The van der Waals surface area contributed by atoms with E-state index in [0.29, 0.717) is 0 Å². The van der Waals surface area contributed by atoms with Crippen LogP contribution in [0.1, 0.15) is 56.0 Å². The van der Waals surface area contributed by atoms with Crippen molar-refractivity contribution in [3.63, 3.8) is 0 Å². The van der Waals surface area contributed by atoms with E-state index in [1.807, 2.05) is 0 Å². The van der Waals surface area contributed by atoms with E-state index in [9.17, 15) is 40.7 Å². The molecule has 0 saturated heterocycles. The van der Waals surface area contributed by atoms with Crippen molar-refractivity contribution in [3.05, 3.63) is 11.7 Å². The summed E-state index contributed by atoms with van der Waals surface area (Å²) in [5.74, 6) is -4.77. The first kappa shape index (κ1) is 26.1. The highest BCUT2D eigenvalue weighted by Crippen LogP contribution is 2.59. The molecular weight excluding hydrogens is 470 g/mol. The monoisotopic (exact) mass is 488 g/mol. The van der Waals surface area contributed by atoms with Gasteiger partial charge in [-0.25, -0.2) is 9.59 Å². The van der Waals surface area contributed by atoms with Crippen molar-refractivity contribution in [2.24, 2.45) is 16.3 Å². The topological polar surface area (TPSA) is 147 Å². The number of rotatable bonds is 5. The number of halogens is 6. The predicted octanol–water partition coefficient (Wildman–Crippen LogP) is 2.57. The summed E-state index contributed by atoms with van der Waals surface area (Å²) in [7, 11) is 0. The van der Waals surface area contributed by atoms with Crippen LogP contribution in [0.5, 0.6) is 0 Å². The first-order chi connectivity index (χ1) is 15.1. The smallest absolute Gasteiger partial charge is 0.405 e. The molecule has 0 bridgehead atoms. The minimum absolute atomic E-state index is 0.00941. The van der Waals surface area contributed by atoms with E-state index < -0.39 is 52.6 Å². The summed E-state index contributed by atoms with van der Waals surface area (Å²) in [5.41, 5.74) is 0.527. The van der Waals surface area contributed by atoms with Crippen LogP contribution in [-0.2, 0) is 24.6 Å². The Hall–Kier alpha value is -3.20.